The molecule has 3 N–H and O–H groups in total. The van der Waals surface area contributed by atoms with Crippen molar-refractivity contribution in [2.24, 2.45) is 0 Å². The Hall–Kier alpha value is -1.26. The molecule has 0 amide bonds. The molecular weight excluding hydrogens is 443 g/mol. The zero-order valence-electron chi connectivity index (χ0n) is 14.4. The maximum absolute atomic E-state index is 12.0. The van der Waals surface area contributed by atoms with Crippen LogP contribution in [0.4, 0.5) is 0 Å². The van der Waals surface area contributed by atoms with Gasteiger partial charge in [0, 0.05) is 0 Å². The van der Waals surface area contributed by atoms with Gasteiger partial charge in [-0.05, 0) is 42.0 Å². The SMILES string of the molecule is O=S(=O)(c1ccc(C(SCc2ccco2)SCc2ccco2)cc1)[P+](O)(O)O. The molecule has 2 heterocycles. The summed E-state index contributed by atoms with van der Waals surface area (Å²) in [5, 5.41) is 0. The Morgan fingerprint density at radius 3 is 1.75 bits per heavy atom. The molecule has 28 heavy (non-hydrogen) atoms. The predicted molar refractivity (Wildman–Crippen MR) is 110 cm³/mol. The molecule has 0 spiro atoms. The highest BCUT2D eigenvalue weighted by molar-refractivity contribution is 8.51. The van der Waals surface area contributed by atoms with Crippen LogP contribution in [0.2, 0.25) is 0 Å². The van der Waals surface area contributed by atoms with Gasteiger partial charge in [0.2, 0.25) is 0 Å². The minimum absolute atomic E-state index is 0.0520. The maximum Gasteiger partial charge on any atom is 0.532 e. The third-order valence-electron chi connectivity index (χ3n) is 3.69. The van der Waals surface area contributed by atoms with E-state index in [1.165, 1.54) is 12.1 Å². The summed E-state index contributed by atoms with van der Waals surface area (Å²) >= 11 is 3.22. The zero-order chi connectivity index (χ0) is 20.2. The second-order valence-electron chi connectivity index (χ2n) is 5.67. The summed E-state index contributed by atoms with van der Waals surface area (Å²) in [5.74, 6) is 2.90. The van der Waals surface area contributed by atoms with Gasteiger partial charge in [-0.25, -0.2) is 0 Å². The molecule has 3 aromatic rings. The van der Waals surface area contributed by atoms with Gasteiger partial charge in [-0.1, -0.05) is 12.1 Å². The van der Waals surface area contributed by atoms with Crippen molar-refractivity contribution in [1.82, 2.24) is 0 Å². The molecule has 0 atom stereocenters. The number of benzene rings is 1. The normalized spacial score (nSPS) is 12.6. The summed E-state index contributed by atoms with van der Waals surface area (Å²) < 4.78 is 34.6. The lowest BCUT2D eigenvalue weighted by Crippen LogP contribution is -2.07. The van der Waals surface area contributed by atoms with E-state index in [1.807, 2.05) is 24.3 Å². The molecule has 150 valence electrons. The average molecular weight is 461 g/mol. The summed E-state index contributed by atoms with van der Waals surface area (Å²) in [6.45, 7) is 0. The van der Waals surface area contributed by atoms with Crippen LogP contribution in [0, 0.1) is 0 Å². The summed E-state index contributed by atoms with van der Waals surface area (Å²) in [4.78, 5) is 27.1. The van der Waals surface area contributed by atoms with E-state index >= 15 is 0 Å². The average Bonchev–Trinajstić information content (AvgIpc) is 3.35. The fourth-order valence-electron chi connectivity index (χ4n) is 2.28. The molecule has 11 heteroatoms. The Morgan fingerprint density at radius 1 is 0.857 bits per heavy atom. The van der Waals surface area contributed by atoms with Gasteiger partial charge in [0.05, 0.1) is 28.6 Å². The molecule has 0 saturated heterocycles. The Morgan fingerprint density at radius 2 is 1.36 bits per heavy atom. The van der Waals surface area contributed by atoms with Gasteiger partial charge in [0.15, 0.2) is 0 Å². The second kappa shape index (κ2) is 9.04. The fraction of sp³-hybridized carbons (Fsp3) is 0.176. The van der Waals surface area contributed by atoms with E-state index < -0.39 is 16.6 Å². The van der Waals surface area contributed by atoms with E-state index in [-0.39, 0.29) is 9.48 Å². The summed E-state index contributed by atoms with van der Waals surface area (Å²) in [6, 6.07) is 13.1. The molecule has 2 aromatic heterocycles. The second-order valence-corrected chi connectivity index (χ2v) is 13.5. The van der Waals surface area contributed by atoms with Gasteiger partial charge in [-0.3, -0.25) is 0 Å². The maximum atomic E-state index is 12.0. The third-order valence-corrected chi connectivity index (χ3v) is 10.6. The smallest absolute Gasteiger partial charge is 0.468 e. The van der Waals surface area contributed by atoms with Crippen molar-refractivity contribution < 1.29 is 31.9 Å². The van der Waals surface area contributed by atoms with Crippen molar-refractivity contribution in [3.05, 3.63) is 78.1 Å². The standard InChI is InChI=1S/C17H18O7PS3/c18-25(19,20)28(21,22)16-7-5-13(6-8-16)17(26-11-14-3-1-9-23-14)27-12-15-4-2-10-24-15/h1-10,17-20H,11-12H2/q+1. The third kappa shape index (κ3) is 5.21. The quantitative estimate of drug-likeness (QED) is 0.318. The van der Waals surface area contributed by atoms with Gasteiger partial charge in [0.1, 0.15) is 16.4 Å². The van der Waals surface area contributed by atoms with E-state index in [0.29, 0.717) is 11.5 Å². The molecule has 1 aromatic carbocycles. The minimum Gasteiger partial charge on any atom is -0.468 e. The molecule has 7 nitrogen and oxygen atoms in total. The Balaban J connectivity index is 1.78. The lowest BCUT2D eigenvalue weighted by atomic mass is 10.2. The van der Waals surface area contributed by atoms with Crippen molar-refractivity contribution in [2.45, 2.75) is 21.0 Å². The molecule has 0 unspecified atom stereocenters. The van der Waals surface area contributed by atoms with E-state index in [1.54, 1.807) is 48.2 Å². The predicted octanol–water partition coefficient (Wildman–Crippen LogP) is 4.17. The van der Waals surface area contributed by atoms with Crippen molar-refractivity contribution in [3.63, 3.8) is 0 Å². The summed E-state index contributed by atoms with van der Waals surface area (Å²) in [5.41, 5.74) is 0.838. The topological polar surface area (TPSA) is 121 Å². The lowest BCUT2D eigenvalue weighted by Gasteiger charge is -2.16. The first kappa shape index (κ1) is 21.4. The van der Waals surface area contributed by atoms with E-state index in [9.17, 15) is 8.42 Å². The van der Waals surface area contributed by atoms with Gasteiger partial charge in [0.25, 0.3) is 0 Å². The molecule has 0 bridgehead atoms. The highest BCUT2D eigenvalue weighted by Crippen LogP contribution is 2.55. The first-order valence-electron chi connectivity index (χ1n) is 7.98. The van der Waals surface area contributed by atoms with Crippen LogP contribution in [-0.4, -0.2) is 23.1 Å². The zero-order valence-corrected chi connectivity index (χ0v) is 17.8. The molecular formula is C17H18O7PS3+. The van der Waals surface area contributed by atoms with E-state index in [4.69, 9.17) is 23.5 Å². The fourth-order valence-corrected chi connectivity index (χ4v) is 6.71. The van der Waals surface area contributed by atoms with Crippen LogP contribution in [0.15, 0.2) is 74.8 Å². The van der Waals surface area contributed by atoms with E-state index in [0.717, 1.165) is 17.1 Å². The largest absolute Gasteiger partial charge is 0.532 e. The first-order valence-corrected chi connectivity index (χ1v) is 13.8. The molecule has 0 fully saturated rings. The van der Waals surface area contributed by atoms with Crippen LogP contribution in [0.1, 0.15) is 21.7 Å². The van der Waals surface area contributed by atoms with E-state index in [2.05, 4.69) is 0 Å². The molecule has 0 saturated carbocycles. The Kier molecular flexibility index (Phi) is 6.93. The van der Waals surface area contributed by atoms with Crippen molar-refractivity contribution in [2.75, 3.05) is 0 Å². The van der Waals surface area contributed by atoms with Crippen LogP contribution >= 0.6 is 30.7 Å². The monoisotopic (exact) mass is 461 g/mol. The van der Waals surface area contributed by atoms with Gasteiger partial charge in [-0.2, -0.15) is 23.1 Å². The number of thioether (sulfide) groups is 2. The summed E-state index contributed by atoms with van der Waals surface area (Å²) in [7, 11) is -9.61. The molecule has 0 radical (unpaired) electrons. The summed E-state index contributed by atoms with van der Waals surface area (Å²) in [6.07, 6.45) is 3.21. The lowest BCUT2D eigenvalue weighted by molar-refractivity contribution is 0.351. The number of furan rings is 2. The molecule has 3 rings (SSSR count). The number of rotatable bonds is 9. The van der Waals surface area contributed by atoms with Crippen LogP contribution in [0.3, 0.4) is 0 Å². The van der Waals surface area contributed by atoms with Crippen LogP contribution in [0.25, 0.3) is 0 Å². The molecule has 0 aliphatic heterocycles. The number of hydrogen-bond acceptors (Lipinski definition) is 9. The molecule has 0 aliphatic rings. The minimum atomic E-state index is -5.03. The van der Waals surface area contributed by atoms with Crippen LogP contribution in [-0.2, 0) is 21.0 Å². The highest BCUT2D eigenvalue weighted by atomic mass is 32.8. The van der Waals surface area contributed by atoms with Gasteiger partial charge in [-0.15, -0.1) is 23.5 Å². The highest BCUT2D eigenvalue weighted by Gasteiger charge is 2.50. The Bertz CT molecular complexity index is 925. The van der Waals surface area contributed by atoms with Crippen molar-refractivity contribution in [3.8, 4) is 0 Å². The van der Waals surface area contributed by atoms with Gasteiger partial charge < -0.3 is 8.83 Å². The van der Waals surface area contributed by atoms with Crippen LogP contribution < -0.4 is 0 Å². The van der Waals surface area contributed by atoms with Gasteiger partial charge >= 0.3 is 16.6 Å². The number of hydrogen-bond donors (Lipinski definition) is 3. The Labute approximate surface area is 171 Å². The first-order chi connectivity index (χ1) is 13.3. The van der Waals surface area contributed by atoms with Crippen LogP contribution in [0.5, 0.6) is 0 Å². The molecule has 0 aliphatic carbocycles. The van der Waals surface area contributed by atoms with Crippen molar-refractivity contribution >= 4 is 40.1 Å². The van der Waals surface area contributed by atoms with Crippen molar-refractivity contribution in [1.29, 1.82) is 0 Å².